The lowest BCUT2D eigenvalue weighted by Gasteiger charge is -2.08. The lowest BCUT2D eigenvalue weighted by atomic mass is 10.2. The number of nitrogens with zero attached hydrogens (tertiary/aromatic N) is 1. The number of amides is 1. The summed E-state index contributed by atoms with van der Waals surface area (Å²) in [6, 6.07) is 7.56. The molecule has 0 atom stereocenters. The number of carbonyl (C=O) groups is 1. The first-order chi connectivity index (χ1) is 9.88. The molecule has 1 amide bonds. The van der Waals surface area contributed by atoms with Gasteiger partial charge in [-0.3, -0.25) is 14.9 Å². The van der Waals surface area contributed by atoms with E-state index < -0.39 is 10.8 Å². The number of rotatable bonds is 3. The van der Waals surface area contributed by atoms with Gasteiger partial charge in [0.05, 0.1) is 20.7 Å². The fraction of sp³-hybridized carbons (Fsp3) is 0. The Labute approximate surface area is 129 Å². The molecule has 0 aliphatic carbocycles. The summed E-state index contributed by atoms with van der Waals surface area (Å²) in [7, 11) is 0. The van der Waals surface area contributed by atoms with E-state index in [-0.39, 0.29) is 27.7 Å². The van der Waals surface area contributed by atoms with Crippen molar-refractivity contribution >= 4 is 40.5 Å². The van der Waals surface area contributed by atoms with Gasteiger partial charge in [-0.2, -0.15) is 0 Å². The van der Waals surface area contributed by atoms with Crippen LogP contribution in [0, 0.1) is 10.1 Å². The van der Waals surface area contributed by atoms with Gasteiger partial charge < -0.3 is 10.4 Å². The average Bonchev–Trinajstić information content (AvgIpc) is 2.43. The molecule has 0 spiro atoms. The number of nitro benzene ring substituents is 1. The largest absolute Gasteiger partial charge is 0.506 e. The van der Waals surface area contributed by atoms with Gasteiger partial charge in [-0.25, -0.2) is 0 Å². The van der Waals surface area contributed by atoms with E-state index in [4.69, 9.17) is 23.2 Å². The topological polar surface area (TPSA) is 92.5 Å². The maximum atomic E-state index is 12.0. The highest BCUT2D eigenvalue weighted by Gasteiger charge is 2.14. The van der Waals surface area contributed by atoms with Gasteiger partial charge in [-0.1, -0.05) is 23.2 Å². The van der Waals surface area contributed by atoms with Crippen LogP contribution in [0.3, 0.4) is 0 Å². The van der Waals surface area contributed by atoms with E-state index in [1.54, 1.807) is 0 Å². The van der Waals surface area contributed by atoms with E-state index in [2.05, 4.69) is 5.32 Å². The van der Waals surface area contributed by atoms with Gasteiger partial charge in [0, 0.05) is 17.7 Å². The van der Waals surface area contributed by atoms with Crippen molar-refractivity contribution in [2.75, 3.05) is 5.32 Å². The number of carbonyl (C=O) groups excluding carboxylic acids is 1. The lowest BCUT2D eigenvalue weighted by molar-refractivity contribution is -0.384. The molecule has 2 N–H and O–H groups in total. The van der Waals surface area contributed by atoms with E-state index in [0.29, 0.717) is 5.02 Å². The Morgan fingerprint density at radius 1 is 1.14 bits per heavy atom. The van der Waals surface area contributed by atoms with Crippen LogP contribution in [0.4, 0.5) is 11.4 Å². The van der Waals surface area contributed by atoms with Gasteiger partial charge in [0.15, 0.2) is 0 Å². The Morgan fingerprint density at radius 3 is 2.48 bits per heavy atom. The molecule has 6 nitrogen and oxygen atoms in total. The summed E-state index contributed by atoms with van der Waals surface area (Å²) in [6.07, 6.45) is 0. The molecule has 2 aromatic carbocycles. The summed E-state index contributed by atoms with van der Waals surface area (Å²) < 4.78 is 0. The molecule has 0 bridgehead atoms. The standard InChI is InChI=1S/C13H8Cl2N2O4/c14-9-3-1-7(5-10(9)15)13(19)16-11-6-8(17(20)21)2-4-12(11)18/h1-6,18H,(H,16,19). The van der Waals surface area contributed by atoms with Gasteiger partial charge >= 0.3 is 0 Å². The number of phenols is 1. The third-order valence-electron chi connectivity index (χ3n) is 2.62. The molecule has 2 rings (SSSR count). The number of non-ortho nitro benzene ring substituents is 1. The molecule has 0 unspecified atom stereocenters. The van der Waals surface area contributed by atoms with Gasteiger partial charge in [0.25, 0.3) is 11.6 Å². The van der Waals surface area contributed by atoms with Crippen molar-refractivity contribution in [3.63, 3.8) is 0 Å². The number of nitrogens with one attached hydrogen (secondary N) is 1. The number of nitro groups is 1. The Bertz CT molecular complexity index is 734. The van der Waals surface area contributed by atoms with Crippen LogP contribution in [-0.4, -0.2) is 15.9 Å². The monoisotopic (exact) mass is 326 g/mol. The van der Waals surface area contributed by atoms with Gasteiger partial charge in [-0.05, 0) is 24.3 Å². The Hall–Kier alpha value is -2.31. The second-order valence-electron chi connectivity index (χ2n) is 4.04. The quantitative estimate of drug-likeness (QED) is 0.508. The van der Waals surface area contributed by atoms with Crippen LogP contribution < -0.4 is 5.32 Å². The fourth-order valence-corrected chi connectivity index (χ4v) is 1.87. The predicted octanol–water partition coefficient (Wildman–Crippen LogP) is 3.86. The zero-order valence-electron chi connectivity index (χ0n) is 10.3. The maximum absolute atomic E-state index is 12.0. The zero-order valence-corrected chi connectivity index (χ0v) is 11.9. The number of aromatic hydroxyl groups is 1. The summed E-state index contributed by atoms with van der Waals surface area (Å²) >= 11 is 11.6. The van der Waals surface area contributed by atoms with Gasteiger partial charge in [-0.15, -0.1) is 0 Å². The van der Waals surface area contributed by atoms with E-state index in [0.717, 1.165) is 18.2 Å². The van der Waals surface area contributed by atoms with Crippen molar-refractivity contribution in [2.45, 2.75) is 0 Å². The molecule has 0 fully saturated rings. The van der Waals surface area contributed by atoms with Crippen molar-refractivity contribution in [2.24, 2.45) is 0 Å². The Kier molecular flexibility index (Phi) is 4.30. The number of phenolic OH excluding ortho intramolecular Hbond substituents is 1. The summed E-state index contributed by atoms with van der Waals surface area (Å²) in [6.45, 7) is 0. The third-order valence-corrected chi connectivity index (χ3v) is 3.36. The zero-order chi connectivity index (χ0) is 15.6. The Balaban J connectivity index is 2.28. The van der Waals surface area contributed by atoms with Gasteiger partial charge in [0.2, 0.25) is 0 Å². The van der Waals surface area contributed by atoms with E-state index in [1.807, 2.05) is 0 Å². The van der Waals surface area contributed by atoms with Gasteiger partial charge in [0.1, 0.15) is 5.75 Å². The first-order valence-electron chi connectivity index (χ1n) is 5.62. The molecule has 0 heterocycles. The van der Waals surface area contributed by atoms with Crippen LogP contribution in [0.25, 0.3) is 0 Å². The summed E-state index contributed by atoms with van der Waals surface area (Å²) in [4.78, 5) is 22.1. The van der Waals surface area contributed by atoms with Crippen LogP contribution in [0.5, 0.6) is 5.75 Å². The predicted molar refractivity (Wildman–Crippen MR) is 79.2 cm³/mol. The molecule has 0 aliphatic heterocycles. The van der Waals surface area contributed by atoms with E-state index >= 15 is 0 Å². The second kappa shape index (κ2) is 5.99. The molecule has 21 heavy (non-hydrogen) atoms. The summed E-state index contributed by atoms with van der Waals surface area (Å²) in [5.74, 6) is -0.863. The average molecular weight is 327 g/mol. The fourth-order valence-electron chi connectivity index (χ4n) is 1.57. The number of hydrogen-bond acceptors (Lipinski definition) is 4. The first-order valence-corrected chi connectivity index (χ1v) is 6.38. The van der Waals surface area contributed by atoms with Crippen molar-refractivity contribution in [3.8, 4) is 5.75 Å². The minimum Gasteiger partial charge on any atom is -0.506 e. The van der Waals surface area contributed by atoms with Crippen molar-refractivity contribution in [3.05, 3.63) is 62.1 Å². The second-order valence-corrected chi connectivity index (χ2v) is 4.86. The minimum atomic E-state index is -0.631. The molecule has 0 aliphatic rings. The van der Waals surface area contributed by atoms with Crippen LogP contribution in [0.2, 0.25) is 10.0 Å². The number of hydrogen-bond donors (Lipinski definition) is 2. The molecule has 8 heteroatoms. The summed E-state index contributed by atoms with van der Waals surface area (Å²) in [5.41, 5.74) is -0.118. The number of halogens is 2. The highest BCUT2D eigenvalue weighted by Crippen LogP contribution is 2.29. The molecule has 108 valence electrons. The highest BCUT2D eigenvalue weighted by molar-refractivity contribution is 6.42. The SMILES string of the molecule is O=C(Nc1cc([N+](=O)[O-])ccc1O)c1ccc(Cl)c(Cl)c1. The maximum Gasteiger partial charge on any atom is 0.271 e. The third kappa shape index (κ3) is 3.42. The van der Waals surface area contributed by atoms with Crippen molar-refractivity contribution in [1.29, 1.82) is 0 Å². The molecule has 0 aromatic heterocycles. The molecule has 0 saturated carbocycles. The molecular weight excluding hydrogens is 319 g/mol. The lowest BCUT2D eigenvalue weighted by Crippen LogP contribution is -2.12. The number of anilines is 1. The van der Waals surface area contributed by atoms with E-state index in [9.17, 15) is 20.0 Å². The molecule has 0 radical (unpaired) electrons. The smallest absolute Gasteiger partial charge is 0.271 e. The van der Waals surface area contributed by atoms with Crippen molar-refractivity contribution < 1.29 is 14.8 Å². The van der Waals surface area contributed by atoms with E-state index in [1.165, 1.54) is 18.2 Å². The molecule has 2 aromatic rings. The van der Waals surface area contributed by atoms with Crippen LogP contribution in [0.15, 0.2) is 36.4 Å². The normalized spacial score (nSPS) is 10.2. The van der Waals surface area contributed by atoms with Crippen LogP contribution >= 0.6 is 23.2 Å². The number of benzene rings is 2. The van der Waals surface area contributed by atoms with Crippen molar-refractivity contribution in [1.82, 2.24) is 0 Å². The van der Waals surface area contributed by atoms with Crippen LogP contribution in [0.1, 0.15) is 10.4 Å². The first kappa shape index (κ1) is 15.1. The molecular formula is C13H8Cl2N2O4. The minimum absolute atomic E-state index is 0.0692. The highest BCUT2D eigenvalue weighted by atomic mass is 35.5. The Morgan fingerprint density at radius 2 is 1.86 bits per heavy atom. The molecule has 0 saturated heterocycles. The summed E-state index contributed by atoms with van der Waals surface area (Å²) in [5, 5.41) is 23.2. The van der Waals surface area contributed by atoms with Crippen LogP contribution in [-0.2, 0) is 0 Å².